The minimum atomic E-state index is 0.553. The normalized spacial score (nSPS) is 10.3. The molecule has 116 valence electrons. The maximum absolute atomic E-state index is 4.48. The first kappa shape index (κ1) is 15.3. The van der Waals surface area contributed by atoms with Gasteiger partial charge in [-0.3, -0.25) is 4.98 Å². The number of nitrogens with zero attached hydrogens (tertiary/aromatic N) is 3. The molecule has 3 aromatic rings. The Morgan fingerprint density at radius 2 is 1.78 bits per heavy atom. The molecule has 2 heterocycles. The second-order valence-electron chi connectivity index (χ2n) is 4.75. The molecule has 0 fully saturated rings. The van der Waals surface area contributed by atoms with E-state index in [1.165, 1.54) is 0 Å². The van der Waals surface area contributed by atoms with Gasteiger partial charge in [0.15, 0.2) is 0 Å². The maximum atomic E-state index is 4.48. The molecule has 0 saturated carbocycles. The summed E-state index contributed by atoms with van der Waals surface area (Å²) in [6.07, 6.45) is 3.81. The van der Waals surface area contributed by atoms with Gasteiger partial charge >= 0.3 is 0 Å². The molecule has 0 aliphatic carbocycles. The van der Waals surface area contributed by atoms with Crippen molar-refractivity contribution >= 4 is 29.2 Å². The van der Waals surface area contributed by atoms with Gasteiger partial charge in [0.2, 0.25) is 5.95 Å². The molecule has 0 bridgehead atoms. The topological polar surface area (TPSA) is 62.7 Å². The Morgan fingerprint density at radius 3 is 2.52 bits per heavy atom. The zero-order chi connectivity index (χ0) is 16.1. The van der Waals surface area contributed by atoms with E-state index in [1.54, 1.807) is 25.0 Å². The average Bonchev–Trinajstić information content (AvgIpc) is 2.62. The van der Waals surface area contributed by atoms with E-state index in [2.05, 4.69) is 37.9 Å². The number of hydrogen-bond donors (Lipinski definition) is 2. The van der Waals surface area contributed by atoms with Crippen molar-refractivity contribution in [3.63, 3.8) is 0 Å². The highest BCUT2D eigenvalue weighted by atomic mass is 32.2. The van der Waals surface area contributed by atoms with E-state index in [0.717, 1.165) is 27.8 Å². The second-order valence-corrected chi connectivity index (χ2v) is 5.60. The number of thioether (sulfide) groups is 1. The molecule has 23 heavy (non-hydrogen) atoms. The fourth-order valence-corrected chi connectivity index (χ4v) is 2.71. The Balaban J connectivity index is 1.99. The molecule has 2 N–H and O–H groups in total. The lowest BCUT2D eigenvalue weighted by Gasteiger charge is -2.12. The second kappa shape index (κ2) is 7.11. The summed E-state index contributed by atoms with van der Waals surface area (Å²) < 4.78 is 0. The smallest absolute Gasteiger partial charge is 0.225 e. The van der Waals surface area contributed by atoms with Crippen molar-refractivity contribution in [3.05, 3.63) is 54.7 Å². The number of benzene rings is 1. The highest BCUT2D eigenvalue weighted by Crippen LogP contribution is 2.28. The summed E-state index contributed by atoms with van der Waals surface area (Å²) in [5.41, 5.74) is 2.61. The molecular formula is C17H17N5S. The summed E-state index contributed by atoms with van der Waals surface area (Å²) in [5, 5.41) is 6.37. The van der Waals surface area contributed by atoms with E-state index in [-0.39, 0.29) is 0 Å². The zero-order valence-electron chi connectivity index (χ0n) is 12.9. The SMILES string of the molecule is CNc1nc(Nc2ccccc2SC)cc(-c2ccccn2)n1. The van der Waals surface area contributed by atoms with Crippen LogP contribution < -0.4 is 10.6 Å². The predicted molar refractivity (Wildman–Crippen MR) is 96.3 cm³/mol. The van der Waals surface area contributed by atoms with Gasteiger partial charge in [0.1, 0.15) is 5.82 Å². The van der Waals surface area contributed by atoms with Gasteiger partial charge in [-0.25, -0.2) is 4.98 Å². The van der Waals surface area contributed by atoms with Crippen LogP contribution in [-0.4, -0.2) is 28.3 Å². The van der Waals surface area contributed by atoms with Gasteiger partial charge < -0.3 is 10.6 Å². The van der Waals surface area contributed by atoms with Crippen LogP contribution in [0, 0.1) is 0 Å². The molecule has 0 unspecified atom stereocenters. The van der Waals surface area contributed by atoms with Crippen molar-refractivity contribution in [3.8, 4) is 11.4 Å². The van der Waals surface area contributed by atoms with Gasteiger partial charge in [-0.1, -0.05) is 18.2 Å². The van der Waals surface area contributed by atoms with Crippen LogP contribution in [0.1, 0.15) is 0 Å². The monoisotopic (exact) mass is 323 g/mol. The summed E-state index contributed by atoms with van der Waals surface area (Å²) in [7, 11) is 1.80. The van der Waals surface area contributed by atoms with Crippen molar-refractivity contribution in [2.75, 3.05) is 23.9 Å². The van der Waals surface area contributed by atoms with Crippen LogP contribution in [0.2, 0.25) is 0 Å². The number of para-hydroxylation sites is 1. The van der Waals surface area contributed by atoms with Crippen LogP contribution in [0.3, 0.4) is 0 Å². The third-order valence-electron chi connectivity index (χ3n) is 3.25. The van der Waals surface area contributed by atoms with Crippen LogP contribution in [0.4, 0.5) is 17.5 Å². The van der Waals surface area contributed by atoms with E-state index in [9.17, 15) is 0 Å². The fraction of sp³-hybridized carbons (Fsp3) is 0.118. The van der Waals surface area contributed by atoms with Crippen molar-refractivity contribution in [1.29, 1.82) is 0 Å². The van der Waals surface area contributed by atoms with E-state index < -0.39 is 0 Å². The lowest BCUT2D eigenvalue weighted by molar-refractivity contribution is 1.14. The average molecular weight is 323 g/mol. The van der Waals surface area contributed by atoms with Crippen LogP contribution in [0.15, 0.2) is 59.6 Å². The number of hydrogen-bond acceptors (Lipinski definition) is 6. The Kier molecular flexibility index (Phi) is 4.73. The summed E-state index contributed by atoms with van der Waals surface area (Å²) in [5.74, 6) is 1.28. The van der Waals surface area contributed by atoms with Gasteiger partial charge in [-0.2, -0.15) is 4.98 Å². The van der Waals surface area contributed by atoms with Crippen LogP contribution in [-0.2, 0) is 0 Å². The number of aromatic nitrogens is 3. The lowest BCUT2D eigenvalue weighted by atomic mass is 10.2. The first-order valence-corrected chi connectivity index (χ1v) is 8.41. The molecule has 0 radical (unpaired) electrons. The Bertz CT molecular complexity index is 792. The van der Waals surface area contributed by atoms with Gasteiger partial charge in [0.25, 0.3) is 0 Å². The van der Waals surface area contributed by atoms with Gasteiger partial charge in [-0.15, -0.1) is 11.8 Å². The molecule has 0 amide bonds. The van der Waals surface area contributed by atoms with E-state index in [1.807, 2.05) is 42.5 Å². The molecule has 0 aliphatic rings. The minimum absolute atomic E-state index is 0.553. The molecule has 0 aliphatic heterocycles. The van der Waals surface area contributed by atoms with Gasteiger partial charge in [-0.05, 0) is 30.5 Å². The van der Waals surface area contributed by atoms with E-state index in [4.69, 9.17) is 0 Å². The molecule has 1 aromatic carbocycles. The van der Waals surface area contributed by atoms with Crippen LogP contribution in [0.25, 0.3) is 11.4 Å². The summed E-state index contributed by atoms with van der Waals surface area (Å²) in [6, 6.07) is 15.8. The number of rotatable bonds is 5. The summed E-state index contributed by atoms with van der Waals surface area (Å²) in [6.45, 7) is 0. The number of nitrogens with one attached hydrogen (secondary N) is 2. The Labute approximate surface area is 139 Å². The lowest BCUT2D eigenvalue weighted by Crippen LogP contribution is -2.03. The zero-order valence-corrected chi connectivity index (χ0v) is 13.8. The number of pyridine rings is 1. The quantitative estimate of drug-likeness (QED) is 0.691. The fourth-order valence-electron chi connectivity index (χ4n) is 2.15. The predicted octanol–water partition coefficient (Wildman–Crippen LogP) is 4.05. The van der Waals surface area contributed by atoms with Gasteiger partial charge in [0.05, 0.1) is 17.1 Å². The first-order valence-electron chi connectivity index (χ1n) is 7.18. The number of anilines is 3. The molecule has 0 spiro atoms. The molecule has 0 saturated heterocycles. The Morgan fingerprint density at radius 1 is 0.957 bits per heavy atom. The van der Waals surface area contributed by atoms with Crippen molar-refractivity contribution < 1.29 is 0 Å². The van der Waals surface area contributed by atoms with Crippen LogP contribution >= 0.6 is 11.8 Å². The third kappa shape index (κ3) is 3.60. The third-order valence-corrected chi connectivity index (χ3v) is 4.04. The van der Waals surface area contributed by atoms with Gasteiger partial charge in [0, 0.05) is 24.2 Å². The first-order chi connectivity index (χ1) is 11.3. The molecular weight excluding hydrogens is 306 g/mol. The van der Waals surface area contributed by atoms with Crippen molar-refractivity contribution in [2.24, 2.45) is 0 Å². The van der Waals surface area contributed by atoms with Crippen molar-refractivity contribution in [2.45, 2.75) is 4.90 Å². The summed E-state index contributed by atoms with van der Waals surface area (Å²) in [4.78, 5) is 14.5. The highest BCUT2D eigenvalue weighted by Gasteiger charge is 2.08. The highest BCUT2D eigenvalue weighted by molar-refractivity contribution is 7.98. The molecule has 5 nitrogen and oxygen atoms in total. The summed E-state index contributed by atoms with van der Waals surface area (Å²) >= 11 is 1.69. The van der Waals surface area contributed by atoms with E-state index in [0.29, 0.717) is 5.95 Å². The maximum Gasteiger partial charge on any atom is 0.225 e. The van der Waals surface area contributed by atoms with E-state index >= 15 is 0 Å². The standard InChI is InChI=1S/C17H17N5S/c1-18-17-21-14(12-7-5-6-10-19-12)11-16(22-17)20-13-8-3-4-9-15(13)23-2/h3-11H,1-2H3,(H2,18,20,21,22). The molecule has 6 heteroatoms. The largest absolute Gasteiger partial charge is 0.357 e. The molecule has 0 atom stereocenters. The van der Waals surface area contributed by atoms with Crippen molar-refractivity contribution in [1.82, 2.24) is 15.0 Å². The Hall–Kier alpha value is -2.60. The molecule has 3 rings (SSSR count). The minimum Gasteiger partial charge on any atom is -0.357 e. The molecule has 2 aromatic heterocycles. The van der Waals surface area contributed by atoms with Crippen LogP contribution in [0.5, 0.6) is 0 Å².